The highest BCUT2D eigenvalue weighted by Crippen LogP contribution is 2.43. The number of nitrogens with zero attached hydrogens (tertiary/aromatic N) is 3. The van der Waals surface area contributed by atoms with Crippen LogP contribution in [-0.4, -0.2) is 41.3 Å². The summed E-state index contributed by atoms with van der Waals surface area (Å²) in [5.41, 5.74) is 2.05. The quantitative estimate of drug-likeness (QED) is 0.228. The van der Waals surface area contributed by atoms with Gasteiger partial charge in [0.15, 0.2) is 15.0 Å². The van der Waals surface area contributed by atoms with Crippen LogP contribution in [0.25, 0.3) is 0 Å². The van der Waals surface area contributed by atoms with Gasteiger partial charge in [-0.05, 0) is 48.1 Å². The smallest absolute Gasteiger partial charge is 0.404 e. The number of rotatable bonds is 11. The average molecular weight is 671 g/mol. The molecule has 0 spiro atoms. The zero-order valence-electron chi connectivity index (χ0n) is 24.4. The number of sulfone groups is 1. The summed E-state index contributed by atoms with van der Waals surface area (Å²) >= 11 is 7.43. The number of hydrogen-bond donors (Lipinski definition) is 1. The van der Waals surface area contributed by atoms with Crippen LogP contribution in [0, 0.1) is 11.8 Å². The summed E-state index contributed by atoms with van der Waals surface area (Å²) in [6, 6.07) is 7.27. The lowest BCUT2D eigenvalue weighted by atomic mass is 10.0. The van der Waals surface area contributed by atoms with Gasteiger partial charge in [0.25, 0.3) is 0 Å². The summed E-state index contributed by atoms with van der Waals surface area (Å²) in [6.07, 6.45) is 1.68. The predicted octanol–water partition coefficient (Wildman–Crippen LogP) is 7.34. The Bertz CT molecular complexity index is 1590. The number of amides is 1. The molecule has 3 aromatic rings. The van der Waals surface area contributed by atoms with E-state index in [2.05, 4.69) is 33.8 Å². The first-order chi connectivity index (χ1) is 20.8. The SMILES string of the molecule is CC(C)[C@H]1c2nc(NC(=O)Cc3ccc(S(=O)(=O)CCC4CCCC4)cn3)sc2CN1Cc1ccc(OC(F)(F)F)c(Cl)c1. The number of thiazole rings is 1. The van der Waals surface area contributed by atoms with Crippen LogP contribution in [0.2, 0.25) is 5.02 Å². The van der Waals surface area contributed by atoms with Crippen molar-refractivity contribution in [2.45, 2.75) is 82.8 Å². The van der Waals surface area contributed by atoms with Crippen molar-refractivity contribution in [3.8, 4) is 5.75 Å². The van der Waals surface area contributed by atoms with Gasteiger partial charge in [-0.25, -0.2) is 13.4 Å². The molecule has 1 N–H and O–H groups in total. The molecule has 0 bridgehead atoms. The Morgan fingerprint density at radius 3 is 2.59 bits per heavy atom. The molecule has 1 aliphatic carbocycles. The number of carbonyl (C=O) groups is 1. The molecule has 2 aromatic heterocycles. The number of nitrogens with one attached hydrogen (secondary N) is 1. The van der Waals surface area contributed by atoms with Crippen molar-refractivity contribution < 1.29 is 31.1 Å². The van der Waals surface area contributed by atoms with E-state index < -0.39 is 21.9 Å². The van der Waals surface area contributed by atoms with E-state index >= 15 is 0 Å². The molecule has 1 atom stereocenters. The Morgan fingerprint density at radius 2 is 1.95 bits per heavy atom. The lowest BCUT2D eigenvalue weighted by Gasteiger charge is -2.27. The summed E-state index contributed by atoms with van der Waals surface area (Å²) in [5.74, 6) is 0.00238. The van der Waals surface area contributed by atoms with E-state index in [0.717, 1.165) is 29.0 Å². The number of aromatic nitrogens is 2. The molecule has 0 saturated heterocycles. The lowest BCUT2D eigenvalue weighted by molar-refractivity contribution is -0.274. The average Bonchev–Trinajstić information content (AvgIpc) is 3.65. The van der Waals surface area contributed by atoms with Crippen molar-refractivity contribution in [1.29, 1.82) is 0 Å². The Labute approximate surface area is 263 Å². The predicted molar refractivity (Wildman–Crippen MR) is 162 cm³/mol. The monoisotopic (exact) mass is 670 g/mol. The molecular weight excluding hydrogens is 637 g/mol. The first-order valence-corrected chi connectivity index (χ1v) is 17.4. The zero-order chi connectivity index (χ0) is 31.6. The third-order valence-corrected chi connectivity index (χ3v) is 11.0. The topological polar surface area (TPSA) is 101 Å². The molecule has 14 heteroatoms. The fourth-order valence-electron chi connectivity index (χ4n) is 5.96. The normalized spacial score (nSPS) is 17.8. The first kappa shape index (κ1) is 32.6. The number of fused-ring (bicyclic) bond motifs is 1. The van der Waals surface area contributed by atoms with Gasteiger partial charge >= 0.3 is 6.36 Å². The van der Waals surface area contributed by atoms with Crippen molar-refractivity contribution >= 4 is 43.8 Å². The maximum Gasteiger partial charge on any atom is 0.573 e. The number of halogens is 4. The molecule has 44 heavy (non-hydrogen) atoms. The number of ether oxygens (including phenoxy) is 1. The summed E-state index contributed by atoms with van der Waals surface area (Å²) in [7, 11) is -3.42. The van der Waals surface area contributed by atoms with Gasteiger partial charge in [0.2, 0.25) is 5.91 Å². The maximum atomic E-state index is 12.8. The van der Waals surface area contributed by atoms with Gasteiger partial charge in [0.1, 0.15) is 5.75 Å². The second-order valence-electron chi connectivity index (χ2n) is 11.7. The fourth-order valence-corrected chi connectivity index (χ4v) is 8.61. The van der Waals surface area contributed by atoms with Crippen molar-refractivity contribution in [3.63, 3.8) is 0 Å². The number of anilines is 1. The van der Waals surface area contributed by atoms with Gasteiger partial charge in [0.05, 0.1) is 33.8 Å². The van der Waals surface area contributed by atoms with Crippen LogP contribution < -0.4 is 10.1 Å². The maximum absolute atomic E-state index is 12.8. The molecule has 5 rings (SSSR count). The third kappa shape index (κ3) is 8.09. The van der Waals surface area contributed by atoms with E-state index in [1.165, 1.54) is 48.6 Å². The number of pyridine rings is 1. The highest BCUT2D eigenvalue weighted by atomic mass is 35.5. The minimum atomic E-state index is -4.83. The summed E-state index contributed by atoms with van der Waals surface area (Å²) in [5, 5.41) is 3.18. The van der Waals surface area contributed by atoms with Crippen molar-refractivity contribution in [2.75, 3.05) is 11.1 Å². The number of hydrogen-bond acceptors (Lipinski definition) is 8. The van der Waals surface area contributed by atoms with Crippen LogP contribution in [0.4, 0.5) is 18.3 Å². The number of alkyl halides is 3. The minimum absolute atomic E-state index is 0.0266. The van der Waals surface area contributed by atoms with Crippen molar-refractivity contribution in [3.05, 3.63) is 63.4 Å². The van der Waals surface area contributed by atoms with Crippen LogP contribution in [0.5, 0.6) is 5.75 Å². The van der Waals surface area contributed by atoms with Crippen molar-refractivity contribution in [1.82, 2.24) is 14.9 Å². The van der Waals surface area contributed by atoms with Crippen LogP contribution >= 0.6 is 22.9 Å². The number of benzene rings is 1. The Balaban J connectivity index is 1.18. The minimum Gasteiger partial charge on any atom is -0.404 e. The molecule has 1 saturated carbocycles. The Morgan fingerprint density at radius 1 is 1.20 bits per heavy atom. The van der Waals surface area contributed by atoms with Gasteiger partial charge in [-0.15, -0.1) is 24.5 Å². The van der Waals surface area contributed by atoms with Gasteiger partial charge in [-0.1, -0.05) is 57.2 Å². The molecule has 1 aliphatic heterocycles. The lowest BCUT2D eigenvalue weighted by Crippen LogP contribution is -2.26. The molecule has 1 amide bonds. The van der Waals surface area contributed by atoms with Gasteiger partial charge in [-0.2, -0.15) is 0 Å². The Kier molecular flexibility index (Phi) is 9.88. The molecule has 2 aliphatic rings. The van der Waals surface area contributed by atoms with E-state index in [9.17, 15) is 26.4 Å². The highest BCUT2D eigenvalue weighted by Gasteiger charge is 2.37. The largest absolute Gasteiger partial charge is 0.573 e. The third-order valence-electron chi connectivity index (χ3n) is 8.00. The first-order valence-electron chi connectivity index (χ1n) is 14.5. The summed E-state index contributed by atoms with van der Waals surface area (Å²) in [4.78, 5) is 25.1. The van der Waals surface area contributed by atoms with E-state index in [-0.39, 0.29) is 40.0 Å². The van der Waals surface area contributed by atoms with Gasteiger partial charge in [-0.3, -0.25) is 14.7 Å². The van der Waals surface area contributed by atoms with Gasteiger partial charge in [0, 0.05) is 29.9 Å². The molecule has 0 unspecified atom stereocenters. The second-order valence-corrected chi connectivity index (χ2v) is 15.3. The molecule has 1 fully saturated rings. The molecular formula is C30H34ClF3N4O4S2. The highest BCUT2D eigenvalue weighted by molar-refractivity contribution is 7.91. The van der Waals surface area contributed by atoms with Crippen molar-refractivity contribution in [2.24, 2.45) is 11.8 Å². The van der Waals surface area contributed by atoms with Crippen LogP contribution in [0.3, 0.4) is 0 Å². The molecule has 1 aromatic carbocycles. The van der Waals surface area contributed by atoms with E-state index in [1.54, 1.807) is 12.1 Å². The number of carbonyl (C=O) groups excluding carboxylic acids is 1. The van der Waals surface area contributed by atoms with E-state index in [4.69, 9.17) is 16.6 Å². The van der Waals surface area contributed by atoms with Crippen LogP contribution in [0.15, 0.2) is 41.4 Å². The molecule has 0 radical (unpaired) electrons. The van der Waals surface area contributed by atoms with E-state index in [0.29, 0.717) is 36.3 Å². The van der Waals surface area contributed by atoms with Crippen LogP contribution in [-0.2, 0) is 34.1 Å². The second kappa shape index (κ2) is 13.3. The molecule has 8 nitrogen and oxygen atoms in total. The van der Waals surface area contributed by atoms with E-state index in [1.807, 2.05) is 0 Å². The fraction of sp³-hybridized carbons (Fsp3) is 0.500. The summed E-state index contributed by atoms with van der Waals surface area (Å²) in [6.45, 7) is 5.11. The molecule has 3 heterocycles. The standard InChI is InChI=1S/C30H34ClF3N4O4S2/c1-18(2)28-27-25(17-38(28)16-20-7-10-24(23(31)13-20)42-30(32,33)34)43-29(37-27)36-26(39)14-21-8-9-22(15-35-21)44(40,41)12-11-19-5-3-4-6-19/h7-10,13,15,18-19,28H,3-6,11-12,14,16-17H2,1-2H3,(H,36,37,39)/t28-/m0/s1. The van der Waals surface area contributed by atoms with Gasteiger partial charge < -0.3 is 10.1 Å². The summed E-state index contributed by atoms with van der Waals surface area (Å²) < 4.78 is 67.2. The molecule has 238 valence electrons. The van der Waals surface area contributed by atoms with Crippen LogP contribution in [0.1, 0.15) is 73.8 Å². The zero-order valence-corrected chi connectivity index (χ0v) is 26.8. The Hall–Kier alpha value is -2.74.